The molecule has 1 aromatic carbocycles. The van der Waals surface area contributed by atoms with E-state index in [4.69, 9.17) is 9.15 Å². The van der Waals surface area contributed by atoms with E-state index in [1.54, 1.807) is 13.8 Å². The molecule has 0 saturated heterocycles. The summed E-state index contributed by atoms with van der Waals surface area (Å²) in [6, 6.07) is 5.58. The van der Waals surface area contributed by atoms with Crippen LogP contribution in [0.4, 0.5) is 0 Å². The monoisotopic (exact) mass is 248 g/mol. The Morgan fingerprint density at radius 1 is 1.33 bits per heavy atom. The Morgan fingerprint density at radius 2 is 2.11 bits per heavy atom. The van der Waals surface area contributed by atoms with Gasteiger partial charge in [-0.15, -0.1) is 10.2 Å². The number of aliphatic hydroxyl groups is 1. The van der Waals surface area contributed by atoms with Crippen molar-refractivity contribution in [3.05, 3.63) is 41.1 Å². The van der Waals surface area contributed by atoms with Gasteiger partial charge in [-0.1, -0.05) is 6.07 Å². The minimum atomic E-state index is -0.476. The number of aromatic nitrogens is 2. The van der Waals surface area contributed by atoms with Crippen LogP contribution in [-0.4, -0.2) is 15.3 Å². The van der Waals surface area contributed by atoms with E-state index in [9.17, 15) is 5.11 Å². The quantitative estimate of drug-likeness (QED) is 0.899. The van der Waals surface area contributed by atoms with Gasteiger partial charge in [0.1, 0.15) is 5.75 Å². The Hall–Kier alpha value is -1.88. The van der Waals surface area contributed by atoms with E-state index >= 15 is 0 Å². The van der Waals surface area contributed by atoms with Crippen LogP contribution in [-0.2, 0) is 6.61 Å². The zero-order chi connectivity index (χ0) is 13.1. The zero-order valence-corrected chi connectivity index (χ0v) is 10.7. The summed E-state index contributed by atoms with van der Waals surface area (Å²) in [5.41, 5.74) is 1.83. The van der Waals surface area contributed by atoms with Gasteiger partial charge >= 0.3 is 0 Å². The predicted octanol–water partition coefficient (Wildman–Crippen LogP) is 2.32. The van der Waals surface area contributed by atoms with Crippen molar-refractivity contribution in [2.45, 2.75) is 33.5 Å². The summed E-state index contributed by atoms with van der Waals surface area (Å²) in [7, 11) is 0. The molecule has 0 aliphatic carbocycles. The third kappa shape index (κ3) is 2.87. The van der Waals surface area contributed by atoms with Gasteiger partial charge in [-0.05, 0) is 37.1 Å². The molecule has 1 aromatic heterocycles. The summed E-state index contributed by atoms with van der Waals surface area (Å²) >= 11 is 0. The summed E-state index contributed by atoms with van der Waals surface area (Å²) in [6.45, 7) is 5.64. The van der Waals surface area contributed by atoms with Crippen molar-refractivity contribution < 1.29 is 14.3 Å². The largest absolute Gasteiger partial charge is 0.484 e. The van der Waals surface area contributed by atoms with Crippen molar-refractivity contribution >= 4 is 0 Å². The Morgan fingerprint density at radius 3 is 2.67 bits per heavy atom. The zero-order valence-electron chi connectivity index (χ0n) is 10.7. The maximum atomic E-state index is 9.48. The van der Waals surface area contributed by atoms with Crippen molar-refractivity contribution in [1.29, 1.82) is 0 Å². The number of aryl methyl sites for hydroxylation is 2. The van der Waals surface area contributed by atoms with E-state index in [1.807, 2.05) is 25.1 Å². The molecule has 0 spiro atoms. The molecular weight excluding hydrogens is 232 g/mol. The Bertz CT molecular complexity index is 535. The molecule has 0 radical (unpaired) electrons. The first kappa shape index (κ1) is 12.6. The predicted molar refractivity (Wildman–Crippen MR) is 65.2 cm³/mol. The highest BCUT2D eigenvalue weighted by atomic mass is 16.5. The van der Waals surface area contributed by atoms with Crippen LogP contribution >= 0.6 is 0 Å². The van der Waals surface area contributed by atoms with E-state index in [0.717, 1.165) is 16.9 Å². The molecule has 1 unspecified atom stereocenters. The molecule has 0 amide bonds. The average molecular weight is 248 g/mol. The lowest BCUT2D eigenvalue weighted by atomic mass is 10.1. The molecule has 96 valence electrons. The second-order valence-electron chi connectivity index (χ2n) is 4.20. The smallest absolute Gasteiger partial charge is 0.253 e. The first-order chi connectivity index (χ1) is 8.56. The van der Waals surface area contributed by atoms with Crippen LogP contribution in [0.1, 0.15) is 35.9 Å². The molecule has 0 fully saturated rings. The van der Waals surface area contributed by atoms with E-state index < -0.39 is 6.10 Å². The highest BCUT2D eigenvalue weighted by Crippen LogP contribution is 2.23. The van der Waals surface area contributed by atoms with Crippen molar-refractivity contribution in [3.8, 4) is 5.75 Å². The van der Waals surface area contributed by atoms with E-state index in [1.165, 1.54) is 0 Å². The SMILES string of the molecule is Cc1nnc(COc2ccc(C(C)O)cc2C)o1. The van der Waals surface area contributed by atoms with Crippen LogP contribution in [0.2, 0.25) is 0 Å². The molecule has 18 heavy (non-hydrogen) atoms. The summed E-state index contributed by atoms with van der Waals surface area (Å²) in [5.74, 6) is 1.72. The van der Waals surface area contributed by atoms with Crippen LogP contribution in [0.3, 0.4) is 0 Å². The molecule has 1 N–H and O–H groups in total. The van der Waals surface area contributed by atoms with Gasteiger partial charge in [-0.2, -0.15) is 0 Å². The lowest BCUT2D eigenvalue weighted by Crippen LogP contribution is -1.99. The number of rotatable bonds is 4. The first-order valence-corrected chi connectivity index (χ1v) is 5.76. The van der Waals surface area contributed by atoms with E-state index in [-0.39, 0.29) is 6.61 Å². The van der Waals surface area contributed by atoms with Crippen LogP contribution < -0.4 is 4.74 Å². The highest BCUT2D eigenvalue weighted by molar-refractivity contribution is 5.36. The third-order valence-electron chi connectivity index (χ3n) is 2.60. The number of ether oxygens (including phenoxy) is 1. The molecule has 5 nitrogen and oxygen atoms in total. The Kier molecular flexibility index (Phi) is 3.62. The highest BCUT2D eigenvalue weighted by Gasteiger charge is 2.07. The van der Waals surface area contributed by atoms with Crippen molar-refractivity contribution in [3.63, 3.8) is 0 Å². The van der Waals surface area contributed by atoms with Crippen molar-refractivity contribution in [2.75, 3.05) is 0 Å². The third-order valence-corrected chi connectivity index (χ3v) is 2.60. The molecule has 2 rings (SSSR count). The average Bonchev–Trinajstić information content (AvgIpc) is 2.73. The van der Waals surface area contributed by atoms with Crippen molar-refractivity contribution in [1.82, 2.24) is 10.2 Å². The van der Waals surface area contributed by atoms with Gasteiger partial charge < -0.3 is 14.3 Å². The normalized spacial score (nSPS) is 12.4. The lowest BCUT2D eigenvalue weighted by Gasteiger charge is -2.10. The summed E-state index contributed by atoms with van der Waals surface area (Å²) in [6.07, 6.45) is -0.476. The molecule has 0 saturated carbocycles. The topological polar surface area (TPSA) is 68.4 Å². The van der Waals surface area contributed by atoms with Gasteiger partial charge in [0.15, 0.2) is 6.61 Å². The van der Waals surface area contributed by atoms with Crippen LogP contribution in [0.25, 0.3) is 0 Å². The number of nitrogens with zero attached hydrogens (tertiary/aromatic N) is 2. The fourth-order valence-corrected chi connectivity index (χ4v) is 1.63. The van der Waals surface area contributed by atoms with E-state index in [2.05, 4.69) is 10.2 Å². The maximum Gasteiger partial charge on any atom is 0.253 e. The van der Waals surface area contributed by atoms with Crippen molar-refractivity contribution in [2.24, 2.45) is 0 Å². The van der Waals surface area contributed by atoms with Gasteiger partial charge in [0, 0.05) is 6.92 Å². The molecule has 0 aliphatic heterocycles. The van der Waals surface area contributed by atoms with E-state index in [0.29, 0.717) is 11.8 Å². The lowest BCUT2D eigenvalue weighted by molar-refractivity contribution is 0.199. The fraction of sp³-hybridized carbons (Fsp3) is 0.385. The summed E-state index contributed by atoms with van der Waals surface area (Å²) < 4.78 is 10.8. The second-order valence-corrected chi connectivity index (χ2v) is 4.20. The van der Waals surface area contributed by atoms with Gasteiger partial charge in [0.05, 0.1) is 6.10 Å². The molecule has 1 heterocycles. The molecule has 1 atom stereocenters. The molecular formula is C13H16N2O3. The number of hydrogen-bond acceptors (Lipinski definition) is 5. The molecule has 2 aromatic rings. The standard InChI is InChI=1S/C13H16N2O3/c1-8-6-11(9(2)16)4-5-12(8)17-7-13-15-14-10(3)18-13/h4-6,9,16H,7H2,1-3H3. The molecule has 0 bridgehead atoms. The Balaban J connectivity index is 2.05. The number of aliphatic hydroxyl groups excluding tert-OH is 1. The molecule has 5 heteroatoms. The van der Waals surface area contributed by atoms with Gasteiger partial charge in [-0.3, -0.25) is 0 Å². The maximum absolute atomic E-state index is 9.48. The van der Waals surface area contributed by atoms with Crippen LogP contribution in [0.15, 0.2) is 22.6 Å². The first-order valence-electron chi connectivity index (χ1n) is 5.76. The number of benzene rings is 1. The van der Waals surface area contributed by atoms with Gasteiger partial charge in [-0.25, -0.2) is 0 Å². The second kappa shape index (κ2) is 5.18. The van der Waals surface area contributed by atoms with Gasteiger partial charge in [0.2, 0.25) is 5.89 Å². The Labute approximate surface area is 105 Å². The van der Waals surface area contributed by atoms with Crippen LogP contribution in [0, 0.1) is 13.8 Å². The summed E-state index contributed by atoms with van der Waals surface area (Å²) in [5, 5.41) is 17.1. The fourth-order valence-electron chi connectivity index (χ4n) is 1.63. The van der Waals surface area contributed by atoms with Gasteiger partial charge in [0.25, 0.3) is 5.89 Å². The summed E-state index contributed by atoms with van der Waals surface area (Å²) in [4.78, 5) is 0. The molecule has 0 aliphatic rings. The minimum Gasteiger partial charge on any atom is -0.484 e. The minimum absolute atomic E-state index is 0.246. The van der Waals surface area contributed by atoms with Crippen LogP contribution in [0.5, 0.6) is 5.75 Å². The number of hydrogen-bond donors (Lipinski definition) is 1.